The lowest BCUT2D eigenvalue weighted by Crippen LogP contribution is -2.43. The highest BCUT2D eigenvalue weighted by atomic mass is 32.2. The average Bonchev–Trinajstić information content (AvgIpc) is 2.70. The first kappa shape index (κ1) is 19.6. The number of piperazine rings is 1. The van der Waals surface area contributed by atoms with E-state index in [1.54, 1.807) is 6.07 Å². The van der Waals surface area contributed by atoms with E-state index in [0.717, 1.165) is 31.9 Å². The second kappa shape index (κ2) is 8.27. The number of nitrogens with one attached hydrogen (secondary N) is 1. The molecule has 0 aliphatic carbocycles. The molecule has 1 saturated heterocycles. The summed E-state index contributed by atoms with van der Waals surface area (Å²) in [5.41, 5.74) is 1.72. The zero-order valence-electron chi connectivity index (χ0n) is 15.8. The van der Waals surface area contributed by atoms with Crippen LogP contribution in [0.4, 0.5) is 15.8 Å². The van der Waals surface area contributed by atoms with Gasteiger partial charge in [0.05, 0.1) is 15.5 Å². The number of rotatable bonds is 6. The monoisotopic (exact) mass is 391 g/mol. The Morgan fingerprint density at radius 2 is 1.67 bits per heavy atom. The highest BCUT2D eigenvalue weighted by molar-refractivity contribution is 7.91. The molecule has 1 N–H and O–H groups in total. The van der Waals surface area contributed by atoms with E-state index in [1.807, 2.05) is 30.9 Å². The summed E-state index contributed by atoms with van der Waals surface area (Å²) in [5, 5.41) is 3.33. The van der Waals surface area contributed by atoms with Gasteiger partial charge in [-0.3, -0.25) is 0 Å². The minimum Gasteiger partial charge on any atom is -0.371 e. The minimum absolute atomic E-state index is 0.104. The van der Waals surface area contributed by atoms with Gasteiger partial charge in [0.15, 0.2) is 0 Å². The highest BCUT2D eigenvalue weighted by Crippen LogP contribution is 2.34. The highest BCUT2D eigenvalue weighted by Gasteiger charge is 2.25. The average molecular weight is 392 g/mol. The third-order valence-electron chi connectivity index (χ3n) is 4.94. The van der Waals surface area contributed by atoms with Crippen molar-refractivity contribution in [2.45, 2.75) is 23.6 Å². The molecule has 1 heterocycles. The van der Waals surface area contributed by atoms with E-state index >= 15 is 0 Å². The van der Waals surface area contributed by atoms with E-state index in [1.165, 1.54) is 24.3 Å². The lowest BCUT2D eigenvalue weighted by Gasteiger charge is -2.31. The Morgan fingerprint density at radius 3 is 2.26 bits per heavy atom. The van der Waals surface area contributed by atoms with Crippen LogP contribution in [0.1, 0.15) is 13.8 Å². The SMILES string of the molecule is CCN(CC)c1cc(N2CCNCC2)ccc1S(=O)(=O)c1ccc(F)cc1. The molecule has 0 amide bonds. The first-order chi connectivity index (χ1) is 13.0. The van der Waals surface area contributed by atoms with Gasteiger partial charge in [-0.15, -0.1) is 0 Å². The predicted molar refractivity (Wildman–Crippen MR) is 107 cm³/mol. The Balaban J connectivity index is 2.09. The van der Waals surface area contributed by atoms with Crippen LogP contribution in [0.5, 0.6) is 0 Å². The molecule has 2 aromatic carbocycles. The molecule has 1 aliphatic rings. The molecule has 1 aliphatic heterocycles. The molecule has 146 valence electrons. The summed E-state index contributed by atoms with van der Waals surface area (Å²) >= 11 is 0. The van der Waals surface area contributed by atoms with Gasteiger partial charge in [0, 0.05) is 45.0 Å². The van der Waals surface area contributed by atoms with E-state index in [9.17, 15) is 12.8 Å². The predicted octanol–water partition coefficient (Wildman–Crippen LogP) is 2.91. The summed E-state index contributed by atoms with van der Waals surface area (Å²) in [6, 6.07) is 10.5. The van der Waals surface area contributed by atoms with Gasteiger partial charge in [0.25, 0.3) is 0 Å². The van der Waals surface area contributed by atoms with Crippen molar-refractivity contribution in [3.05, 3.63) is 48.3 Å². The van der Waals surface area contributed by atoms with E-state index in [4.69, 9.17) is 0 Å². The van der Waals surface area contributed by atoms with Gasteiger partial charge in [0.1, 0.15) is 5.82 Å². The van der Waals surface area contributed by atoms with Crippen molar-refractivity contribution in [3.8, 4) is 0 Å². The topological polar surface area (TPSA) is 52.6 Å². The molecule has 5 nitrogen and oxygen atoms in total. The molecule has 0 unspecified atom stereocenters. The smallest absolute Gasteiger partial charge is 0.208 e. The fourth-order valence-corrected chi connectivity index (χ4v) is 4.86. The number of halogens is 1. The molecule has 2 aromatic rings. The van der Waals surface area contributed by atoms with Crippen LogP contribution in [0.25, 0.3) is 0 Å². The fourth-order valence-electron chi connectivity index (χ4n) is 3.40. The Hall–Kier alpha value is -2.12. The van der Waals surface area contributed by atoms with Gasteiger partial charge < -0.3 is 15.1 Å². The standard InChI is InChI=1S/C20H26FN3O2S/c1-3-23(4-2)19-15-17(24-13-11-22-12-14-24)7-10-20(19)27(25,26)18-8-5-16(21)6-9-18/h5-10,15,22H,3-4,11-14H2,1-2H3. The van der Waals surface area contributed by atoms with Crippen LogP contribution >= 0.6 is 0 Å². The van der Waals surface area contributed by atoms with Crippen LogP contribution in [0, 0.1) is 5.82 Å². The molecule has 7 heteroatoms. The van der Waals surface area contributed by atoms with E-state index in [0.29, 0.717) is 18.8 Å². The number of sulfone groups is 1. The van der Waals surface area contributed by atoms with Crippen molar-refractivity contribution < 1.29 is 12.8 Å². The summed E-state index contributed by atoms with van der Waals surface area (Å²) in [7, 11) is -3.74. The van der Waals surface area contributed by atoms with Crippen LogP contribution in [0.2, 0.25) is 0 Å². The summed E-state index contributed by atoms with van der Waals surface area (Å²) < 4.78 is 39.7. The number of anilines is 2. The fraction of sp³-hybridized carbons (Fsp3) is 0.400. The van der Waals surface area contributed by atoms with Crippen molar-refractivity contribution >= 4 is 21.2 Å². The first-order valence-electron chi connectivity index (χ1n) is 9.32. The quantitative estimate of drug-likeness (QED) is 0.768. The molecule has 0 radical (unpaired) electrons. The molecule has 0 atom stereocenters. The van der Waals surface area contributed by atoms with Crippen molar-refractivity contribution in [1.29, 1.82) is 0 Å². The maximum absolute atomic E-state index is 13.2. The van der Waals surface area contributed by atoms with Gasteiger partial charge in [-0.05, 0) is 56.3 Å². The maximum atomic E-state index is 13.2. The second-order valence-corrected chi connectivity index (χ2v) is 8.44. The van der Waals surface area contributed by atoms with Crippen molar-refractivity contribution in [1.82, 2.24) is 5.32 Å². The van der Waals surface area contributed by atoms with E-state index in [2.05, 4.69) is 10.2 Å². The molecule has 1 fully saturated rings. The largest absolute Gasteiger partial charge is 0.371 e. The van der Waals surface area contributed by atoms with Crippen molar-refractivity contribution in [3.63, 3.8) is 0 Å². The Morgan fingerprint density at radius 1 is 1.04 bits per heavy atom. The molecule has 0 bridgehead atoms. The number of hydrogen-bond acceptors (Lipinski definition) is 5. The Bertz CT molecular complexity index is 875. The molecule has 0 aromatic heterocycles. The summed E-state index contributed by atoms with van der Waals surface area (Å²) in [5.74, 6) is -0.452. The Kier molecular flexibility index (Phi) is 6.01. The molecule has 3 rings (SSSR count). The molecular weight excluding hydrogens is 365 g/mol. The normalized spacial score (nSPS) is 15.0. The summed E-state index contributed by atoms with van der Waals surface area (Å²) in [4.78, 5) is 4.67. The van der Waals surface area contributed by atoms with Gasteiger partial charge >= 0.3 is 0 Å². The minimum atomic E-state index is -3.74. The van der Waals surface area contributed by atoms with E-state index < -0.39 is 15.7 Å². The van der Waals surface area contributed by atoms with Crippen LogP contribution in [0.3, 0.4) is 0 Å². The van der Waals surface area contributed by atoms with Crippen LogP contribution in [-0.4, -0.2) is 47.7 Å². The third-order valence-corrected chi connectivity index (χ3v) is 6.76. The molecule has 27 heavy (non-hydrogen) atoms. The summed E-state index contributed by atoms with van der Waals surface area (Å²) in [6.07, 6.45) is 0. The van der Waals surface area contributed by atoms with Gasteiger partial charge in [0.2, 0.25) is 9.84 Å². The van der Waals surface area contributed by atoms with Crippen LogP contribution < -0.4 is 15.1 Å². The molecule has 0 spiro atoms. The Labute approximate surface area is 160 Å². The zero-order valence-corrected chi connectivity index (χ0v) is 16.6. The molecular formula is C20H26FN3O2S. The van der Waals surface area contributed by atoms with E-state index in [-0.39, 0.29) is 9.79 Å². The zero-order chi connectivity index (χ0) is 19.4. The number of benzene rings is 2. The maximum Gasteiger partial charge on any atom is 0.208 e. The van der Waals surface area contributed by atoms with Crippen molar-refractivity contribution in [2.24, 2.45) is 0 Å². The van der Waals surface area contributed by atoms with Crippen LogP contribution in [0.15, 0.2) is 52.3 Å². The second-order valence-electron chi connectivity index (χ2n) is 6.52. The van der Waals surface area contributed by atoms with Crippen LogP contribution in [-0.2, 0) is 9.84 Å². The lowest BCUT2D eigenvalue weighted by atomic mass is 10.2. The number of nitrogens with zero attached hydrogens (tertiary/aromatic N) is 2. The number of hydrogen-bond donors (Lipinski definition) is 1. The first-order valence-corrected chi connectivity index (χ1v) is 10.8. The summed E-state index contributed by atoms with van der Waals surface area (Å²) in [6.45, 7) is 9.03. The third kappa shape index (κ3) is 4.09. The lowest BCUT2D eigenvalue weighted by molar-refractivity contribution is 0.588. The van der Waals surface area contributed by atoms with Crippen molar-refractivity contribution in [2.75, 3.05) is 49.1 Å². The van der Waals surface area contributed by atoms with Gasteiger partial charge in [-0.2, -0.15) is 0 Å². The van der Waals surface area contributed by atoms with Gasteiger partial charge in [-0.1, -0.05) is 0 Å². The van der Waals surface area contributed by atoms with Gasteiger partial charge in [-0.25, -0.2) is 12.8 Å². The molecule has 0 saturated carbocycles.